The molecule has 1 aliphatic heterocycles. The minimum Gasteiger partial charge on any atom is -0.481 e. The van der Waals surface area contributed by atoms with Gasteiger partial charge in [-0.2, -0.15) is 0 Å². The number of aliphatic carboxylic acids is 1. The van der Waals surface area contributed by atoms with E-state index < -0.39 is 11.9 Å². The Morgan fingerprint density at radius 2 is 2.00 bits per heavy atom. The van der Waals surface area contributed by atoms with Crippen LogP contribution in [-0.2, 0) is 4.79 Å². The van der Waals surface area contributed by atoms with E-state index in [1.54, 1.807) is 28.4 Å². The van der Waals surface area contributed by atoms with Crippen LogP contribution in [0.4, 0.5) is 0 Å². The van der Waals surface area contributed by atoms with E-state index in [0.29, 0.717) is 18.5 Å². The highest BCUT2D eigenvalue weighted by atomic mass is 32.1. The Labute approximate surface area is 145 Å². The average molecular weight is 344 g/mol. The maximum Gasteiger partial charge on any atom is 0.308 e. The number of benzene rings is 1. The highest BCUT2D eigenvalue weighted by Crippen LogP contribution is 2.26. The Hall–Kier alpha value is -2.21. The second kappa shape index (κ2) is 6.73. The topological polar surface area (TPSA) is 70.5 Å². The molecule has 0 unspecified atom stereocenters. The van der Waals surface area contributed by atoms with Crippen molar-refractivity contribution in [2.24, 2.45) is 5.92 Å². The number of amides is 1. The molecule has 1 aromatic carbocycles. The first-order valence-corrected chi connectivity index (χ1v) is 8.91. The molecular weight excluding hydrogens is 324 g/mol. The maximum atomic E-state index is 12.7. The molecule has 1 aliphatic rings. The van der Waals surface area contributed by atoms with Gasteiger partial charge in [-0.25, -0.2) is 4.98 Å². The van der Waals surface area contributed by atoms with Gasteiger partial charge in [0.1, 0.15) is 0 Å². The van der Waals surface area contributed by atoms with Crippen LogP contribution < -0.4 is 0 Å². The summed E-state index contributed by atoms with van der Waals surface area (Å²) in [5.74, 6) is -1.41. The minimum atomic E-state index is -0.825. The van der Waals surface area contributed by atoms with E-state index in [-0.39, 0.29) is 11.9 Å². The Bertz CT molecular complexity index is 754. The Balaban J connectivity index is 1.78. The number of piperidine rings is 1. The first-order valence-electron chi connectivity index (χ1n) is 8.03. The number of aryl methyl sites for hydroxylation is 1. The van der Waals surface area contributed by atoms with Crippen LogP contribution in [0, 0.1) is 12.8 Å². The van der Waals surface area contributed by atoms with E-state index in [1.807, 2.05) is 31.4 Å². The quantitative estimate of drug-likeness (QED) is 0.926. The molecule has 0 aliphatic carbocycles. The van der Waals surface area contributed by atoms with Gasteiger partial charge in [-0.3, -0.25) is 9.59 Å². The fourth-order valence-electron chi connectivity index (χ4n) is 3.21. The molecule has 1 N–H and O–H groups in total. The van der Waals surface area contributed by atoms with Gasteiger partial charge in [0.2, 0.25) is 0 Å². The molecule has 24 heavy (non-hydrogen) atoms. The van der Waals surface area contributed by atoms with Crippen molar-refractivity contribution < 1.29 is 14.7 Å². The van der Waals surface area contributed by atoms with Crippen LogP contribution in [0.25, 0.3) is 11.3 Å². The van der Waals surface area contributed by atoms with Crippen molar-refractivity contribution in [1.82, 2.24) is 9.88 Å². The fraction of sp³-hybridized carbons (Fsp3) is 0.389. The molecule has 0 bridgehead atoms. The Kier molecular flexibility index (Phi) is 4.66. The van der Waals surface area contributed by atoms with Crippen molar-refractivity contribution in [3.8, 4) is 11.3 Å². The molecule has 2 heterocycles. The van der Waals surface area contributed by atoms with Crippen LogP contribution >= 0.6 is 11.3 Å². The SMILES string of the molecule is Cc1nc(-c2ccc(C(=O)N3CCC[C@@H](C(=O)O)[C@H]3C)cc2)cs1. The van der Waals surface area contributed by atoms with Gasteiger partial charge >= 0.3 is 5.97 Å². The lowest BCUT2D eigenvalue weighted by Gasteiger charge is -2.37. The molecular formula is C18H20N2O3S. The molecule has 6 heteroatoms. The lowest BCUT2D eigenvalue weighted by atomic mass is 9.90. The number of carboxylic acid groups (broad SMARTS) is 1. The summed E-state index contributed by atoms with van der Waals surface area (Å²) in [6.07, 6.45) is 1.35. The van der Waals surface area contributed by atoms with E-state index in [2.05, 4.69) is 4.98 Å². The van der Waals surface area contributed by atoms with E-state index >= 15 is 0 Å². The maximum absolute atomic E-state index is 12.7. The number of likely N-dealkylation sites (tertiary alicyclic amines) is 1. The molecule has 3 rings (SSSR count). The monoisotopic (exact) mass is 344 g/mol. The van der Waals surface area contributed by atoms with E-state index in [1.165, 1.54) is 0 Å². The van der Waals surface area contributed by atoms with Crippen molar-refractivity contribution in [1.29, 1.82) is 0 Å². The fourth-order valence-corrected chi connectivity index (χ4v) is 3.83. The third kappa shape index (κ3) is 3.19. The molecule has 5 nitrogen and oxygen atoms in total. The van der Waals surface area contributed by atoms with Crippen molar-refractivity contribution >= 4 is 23.2 Å². The molecule has 1 aromatic heterocycles. The van der Waals surface area contributed by atoms with Gasteiger partial charge in [0.05, 0.1) is 16.6 Å². The van der Waals surface area contributed by atoms with Crippen LogP contribution in [0.2, 0.25) is 0 Å². The summed E-state index contributed by atoms with van der Waals surface area (Å²) in [7, 11) is 0. The van der Waals surface area contributed by atoms with Crippen molar-refractivity contribution in [2.75, 3.05) is 6.54 Å². The average Bonchev–Trinajstić information content (AvgIpc) is 3.01. The number of nitrogens with zero attached hydrogens (tertiary/aromatic N) is 2. The number of hydrogen-bond donors (Lipinski definition) is 1. The van der Waals surface area contributed by atoms with Gasteiger partial charge in [0, 0.05) is 29.1 Å². The number of carboxylic acids is 1. The number of hydrogen-bond acceptors (Lipinski definition) is 4. The van der Waals surface area contributed by atoms with Crippen molar-refractivity contribution in [3.63, 3.8) is 0 Å². The van der Waals surface area contributed by atoms with Crippen LogP contribution in [0.3, 0.4) is 0 Å². The molecule has 1 amide bonds. The number of carbonyl (C=O) groups excluding carboxylic acids is 1. The zero-order valence-electron chi connectivity index (χ0n) is 13.7. The second-order valence-electron chi connectivity index (χ2n) is 6.16. The van der Waals surface area contributed by atoms with Gasteiger partial charge in [0.25, 0.3) is 5.91 Å². The molecule has 126 valence electrons. The lowest BCUT2D eigenvalue weighted by Crippen LogP contribution is -2.49. The summed E-state index contributed by atoms with van der Waals surface area (Å²) in [5.41, 5.74) is 2.48. The van der Waals surface area contributed by atoms with Gasteiger partial charge in [-0.1, -0.05) is 12.1 Å². The number of aromatic nitrogens is 1. The number of carbonyl (C=O) groups is 2. The minimum absolute atomic E-state index is 0.102. The van der Waals surface area contributed by atoms with Crippen molar-refractivity contribution in [2.45, 2.75) is 32.7 Å². The number of thiazole rings is 1. The van der Waals surface area contributed by atoms with E-state index in [9.17, 15) is 14.7 Å². The Morgan fingerprint density at radius 3 is 2.58 bits per heavy atom. The van der Waals surface area contributed by atoms with Gasteiger partial charge in [-0.05, 0) is 38.8 Å². The standard InChI is InChI=1S/C18H20N2O3S/c1-11-15(18(22)23)4-3-9-20(11)17(21)14-7-5-13(6-8-14)16-10-24-12(2)19-16/h5-8,10-11,15H,3-4,9H2,1-2H3,(H,22,23)/t11-,15-/m1/s1. The molecule has 0 radical (unpaired) electrons. The van der Waals surface area contributed by atoms with Gasteiger partial charge < -0.3 is 10.0 Å². The molecule has 0 spiro atoms. The highest BCUT2D eigenvalue weighted by Gasteiger charge is 2.35. The summed E-state index contributed by atoms with van der Waals surface area (Å²) in [4.78, 5) is 30.2. The zero-order chi connectivity index (χ0) is 17.3. The van der Waals surface area contributed by atoms with E-state index in [4.69, 9.17) is 0 Å². The zero-order valence-corrected chi connectivity index (χ0v) is 14.5. The second-order valence-corrected chi connectivity index (χ2v) is 7.22. The molecule has 2 aromatic rings. The predicted octanol–water partition coefficient (Wildman–Crippen LogP) is 3.44. The first-order chi connectivity index (χ1) is 11.5. The molecule has 2 atom stereocenters. The number of rotatable bonds is 3. The Morgan fingerprint density at radius 1 is 1.29 bits per heavy atom. The summed E-state index contributed by atoms with van der Waals surface area (Å²) in [6.45, 7) is 4.39. The van der Waals surface area contributed by atoms with Crippen LogP contribution in [-0.4, -0.2) is 39.5 Å². The summed E-state index contributed by atoms with van der Waals surface area (Å²) in [5, 5.41) is 12.3. The molecule has 0 saturated carbocycles. The smallest absolute Gasteiger partial charge is 0.308 e. The third-order valence-electron chi connectivity index (χ3n) is 4.61. The molecule has 1 fully saturated rings. The summed E-state index contributed by atoms with van der Waals surface area (Å²) in [6, 6.07) is 7.09. The summed E-state index contributed by atoms with van der Waals surface area (Å²) < 4.78 is 0. The first kappa shape index (κ1) is 16.6. The van der Waals surface area contributed by atoms with E-state index in [0.717, 1.165) is 22.7 Å². The molecule has 1 saturated heterocycles. The summed E-state index contributed by atoms with van der Waals surface area (Å²) >= 11 is 1.59. The normalized spacial score (nSPS) is 20.8. The van der Waals surface area contributed by atoms with Crippen LogP contribution in [0.1, 0.15) is 35.1 Å². The lowest BCUT2D eigenvalue weighted by molar-refractivity contribution is -0.144. The van der Waals surface area contributed by atoms with Gasteiger partial charge in [0.15, 0.2) is 0 Å². The third-order valence-corrected chi connectivity index (χ3v) is 5.39. The largest absolute Gasteiger partial charge is 0.481 e. The van der Waals surface area contributed by atoms with Gasteiger partial charge in [-0.15, -0.1) is 11.3 Å². The van der Waals surface area contributed by atoms with Crippen LogP contribution in [0.15, 0.2) is 29.6 Å². The predicted molar refractivity (Wildman–Crippen MR) is 93.1 cm³/mol. The highest BCUT2D eigenvalue weighted by molar-refractivity contribution is 7.09. The van der Waals surface area contributed by atoms with Crippen molar-refractivity contribution in [3.05, 3.63) is 40.2 Å². The van der Waals surface area contributed by atoms with Crippen LogP contribution in [0.5, 0.6) is 0 Å².